The van der Waals surface area contributed by atoms with Gasteiger partial charge in [0.2, 0.25) is 0 Å². The molecule has 0 aliphatic carbocycles. The molecule has 1 heterocycles. The molecule has 0 atom stereocenters. The van der Waals surface area contributed by atoms with Crippen LogP contribution in [0.2, 0.25) is 0 Å². The molecule has 2 aromatic carbocycles. The molecule has 146 valence electrons. The molecule has 0 saturated heterocycles. The van der Waals surface area contributed by atoms with E-state index in [4.69, 9.17) is 0 Å². The predicted molar refractivity (Wildman–Crippen MR) is 108 cm³/mol. The van der Waals surface area contributed by atoms with Crippen molar-refractivity contribution in [1.29, 1.82) is 0 Å². The maximum atomic E-state index is 12.8. The summed E-state index contributed by atoms with van der Waals surface area (Å²) in [5.41, 5.74) is 4.83. The standard InChI is InChI=1S/C22H25N3O3/c1-4-25-13-20(15(2)23-25)12-24(3)22(28)17-7-5-16(6-8-17)18-9-10-21(27)19(11-18)14-26/h5-11,13,26-27H,4,12,14H2,1-3H3. The topological polar surface area (TPSA) is 78.6 Å². The normalized spacial score (nSPS) is 10.9. The number of rotatable bonds is 6. The third-order valence-corrected chi connectivity index (χ3v) is 4.84. The van der Waals surface area contributed by atoms with Crippen molar-refractivity contribution in [3.8, 4) is 16.9 Å². The van der Waals surface area contributed by atoms with Crippen LogP contribution in [0.15, 0.2) is 48.7 Å². The minimum absolute atomic E-state index is 0.0584. The lowest BCUT2D eigenvalue weighted by Gasteiger charge is -2.17. The van der Waals surface area contributed by atoms with Crippen LogP contribution in [-0.4, -0.2) is 37.8 Å². The van der Waals surface area contributed by atoms with E-state index in [0.29, 0.717) is 17.7 Å². The summed E-state index contributed by atoms with van der Waals surface area (Å²) in [7, 11) is 1.78. The summed E-state index contributed by atoms with van der Waals surface area (Å²) in [4.78, 5) is 14.4. The predicted octanol–water partition coefficient (Wildman–Crippen LogP) is 3.35. The lowest BCUT2D eigenvalue weighted by Crippen LogP contribution is -2.26. The fourth-order valence-corrected chi connectivity index (χ4v) is 3.12. The minimum Gasteiger partial charge on any atom is -0.508 e. The molecular weight excluding hydrogens is 354 g/mol. The van der Waals surface area contributed by atoms with E-state index in [2.05, 4.69) is 5.10 Å². The molecule has 6 nitrogen and oxygen atoms in total. The van der Waals surface area contributed by atoms with Crippen LogP contribution in [0.3, 0.4) is 0 Å². The first kappa shape index (κ1) is 19.6. The van der Waals surface area contributed by atoms with Gasteiger partial charge >= 0.3 is 0 Å². The second kappa shape index (κ2) is 8.27. The molecule has 0 fully saturated rings. The van der Waals surface area contributed by atoms with Crippen molar-refractivity contribution in [2.24, 2.45) is 0 Å². The number of benzene rings is 2. The fourth-order valence-electron chi connectivity index (χ4n) is 3.12. The van der Waals surface area contributed by atoms with Gasteiger partial charge in [0.1, 0.15) is 5.75 Å². The maximum Gasteiger partial charge on any atom is 0.253 e. The van der Waals surface area contributed by atoms with E-state index in [1.807, 2.05) is 36.9 Å². The molecular formula is C22H25N3O3. The highest BCUT2D eigenvalue weighted by atomic mass is 16.3. The Balaban J connectivity index is 1.75. The summed E-state index contributed by atoms with van der Waals surface area (Å²) < 4.78 is 1.87. The van der Waals surface area contributed by atoms with E-state index < -0.39 is 0 Å². The van der Waals surface area contributed by atoms with Gasteiger partial charge in [-0.15, -0.1) is 0 Å². The van der Waals surface area contributed by atoms with Crippen molar-refractivity contribution in [1.82, 2.24) is 14.7 Å². The summed E-state index contributed by atoms with van der Waals surface area (Å²) in [6.07, 6.45) is 1.98. The first-order valence-corrected chi connectivity index (χ1v) is 9.24. The largest absolute Gasteiger partial charge is 0.508 e. The van der Waals surface area contributed by atoms with Gasteiger partial charge < -0.3 is 15.1 Å². The highest BCUT2D eigenvalue weighted by Gasteiger charge is 2.15. The van der Waals surface area contributed by atoms with Gasteiger partial charge in [-0.1, -0.05) is 18.2 Å². The highest BCUT2D eigenvalue weighted by molar-refractivity contribution is 5.94. The highest BCUT2D eigenvalue weighted by Crippen LogP contribution is 2.26. The molecule has 3 aromatic rings. The average molecular weight is 379 g/mol. The Bertz CT molecular complexity index is 977. The molecule has 1 amide bonds. The van der Waals surface area contributed by atoms with Crippen LogP contribution in [0.25, 0.3) is 11.1 Å². The zero-order valence-electron chi connectivity index (χ0n) is 16.4. The van der Waals surface area contributed by atoms with Gasteiger partial charge in [0.05, 0.1) is 12.3 Å². The SMILES string of the molecule is CCn1cc(CN(C)C(=O)c2ccc(-c3ccc(O)c(CO)c3)cc2)c(C)n1. The number of aliphatic hydroxyl groups excluding tert-OH is 1. The first-order chi connectivity index (χ1) is 13.4. The third kappa shape index (κ3) is 4.07. The van der Waals surface area contributed by atoms with Crippen LogP contribution < -0.4 is 0 Å². The number of amides is 1. The number of carbonyl (C=O) groups excluding carboxylic acids is 1. The maximum absolute atomic E-state index is 12.8. The molecule has 6 heteroatoms. The van der Waals surface area contributed by atoms with Crippen molar-refractivity contribution in [3.63, 3.8) is 0 Å². The zero-order chi connectivity index (χ0) is 20.3. The van der Waals surface area contributed by atoms with Crippen molar-refractivity contribution < 1.29 is 15.0 Å². The molecule has 0 aliphatic rings. The average Bonchev–Trinajstić information content (AvgIpc) is 3.07. The van der Waals surface area contributed by atoms with Crippen molar-refractivity contribution >= 4 is 5.91 Å². The van der Waals surface area contributed by atoms with Gasteiger partial charge in [0, 0.05) is 43.0 Å². The van der Waals surface area contributed by atoms with Crippen LogP contribution >= 0.6 is 0 Å². The number of hydrogen-bond donors (Lipinski definition) is 2. The Morgan fingerprint density at radius 1 is 1.11 bits per heavy atom. The third-order valence-electron chi connectivity index (χ3n) is 4.84. The fraction of sp³-hybridized carbons (Fsp3) is 0.273. The van der Waals surface area contributed by atoms with Crippen molar-refractivity contribution in [3.05, 3.63) is 71.0 Å². The molecule has 0 unspecified atom stereocenters. The van der Waals surface area contributed by atoms with Crippen LogP contribution in [-0.2, 0) is 19.7 Å². The smallest absolute Gasteiger partial charge is 0.253 e. The first-order valence-electron chi connectivity index (χ1n) is 9.24. The summed E-state index contributed by atoms with van der Waals surface area (Å²) in [6, 6.07) is 12.4. The summed E-state index contributed by atoms with van der Waals surface area (Å²) in [5, 5.41) is 23.4. The summed E-state index contributed by atoms with van der Waals surface area (Å²) in [5.74, 6) is 0.0123. The van der Waals surface area contributed by atoms with E-state index >= 15 is 0 Å². The molecule has 0 spiro atoms. The van der Waals surface area contributed by atoms with Crippen LogP contribution in [0, 0.1) is 6.92 Å². The molecule has 0 saturated carbocycles. The number of aromatic hydroxyl groups is 1. The van der Waals surface area contributed by atoms with Crippen LogP contribution in [0.4, 0.5) is 0 Å². The lowest BCUT2D eigenvalue weighted by atomic mass is 10.0. The van der Waals surface area contributed by atoms with Gasteiger partial charge in [-0.2, -0.15) is 5.10 Å². The van der Waals surface area contributed by atoms with E-state index in [-0.39, 0.29) is 18.3 Å². The van der Waals surface area contributed by atoms with Gasteiger partial charge in [0.25, 0.3) is 5.91 Å². The number of aromatic nitrogens is 2. The van der Waals surface area contributed by atoms with E-state index in [1.165, 1.54) is 0 Å². The molecule has 3 rings (SSSR count). The zero-order valence-corrected chi connectivity index (χ0v) is 16.4. The van der Waals surface area contributed by atoms with E-state index in [1.54, 1.807) is 42.3 Å². The molecule has 28 heavy (non-hydrogen) atoms. The number of nitrogens with zero attached hydrogens (tertiary/aromatic N) is 3. The Labute approximate surface area is 164 Å². The summed E-state index contributed by atoms with van der Waals surface area (Å²) in [6.45, 7) is 5.06. The minimum atomic E-state index is -0.227. The van der Waals surface area contributed by atoms with Gasteiger partial charge in [0.15, 0.2) is 0 Å². The number of phenols is 1. The van der Waals surface area contributed by atoms with E-state index in [0.717, 1.165) is 28.9 Å². The lowest BCUT2D eigenvalue weighted by molar-refractivity contribution is 0.0785. The van der Waals surface area contributed by atoms with Crippen LogP contribution in [0.5, 0.6) is 5.75 Å². The second-order valence-electron chi connectivity index (χ2n) is 6.84. The van der Waals surface area contributed by atoms with Gasteiger partial charge in [-0.3, -0.25) is 9.48 Å². The Hall–Kier alpha value is -3.12. The monoisotopic (exact) mass is 379 g/mol. The van der Waals surface area contributed by atoms with Crippen molar-refractivity contribution in [2.75, 3.05) is 7.05 Å². The number of carbonyl (C=O) groups is 1. The molecule has 0 radical (unpaired) electrons. The number of aryl methyl sites for hydroxylation is 2. The Morgan fingerprint density at radius 3 is 2.39 bits per heavy atom. The molecule has 2 N–H and O–H groups in total. The number of aliphatic hydroxyl groups is 1. The van der Waals surface area contributed by atoms with Gasteiger partial charge in [-0.25, -0.2) is 0 Å². The quantitative estimate of drug-likeness (QED) is 0.688. The van der Waals surface area contributed by atoms with Crippen molar-refractivity contribution in [2.45, 2.75) is 33.5 Å². The Kier molecular flexibility index (Phi) is 5.80. The van der Waals surface area contributed by atoms with Gasteiger partial charge in [-0.05, 0) is 49.2 Å². The number of hydrogen-bond acceptors (Lipinski definition) is 4. The van der Waals surface area contributed by atoms with Crippen LogP contribution in [0.1, 0.15) is 34.1 Å². The molecule has 0 bridgehead atoms. The molecule has 1 aromatic heterocycles. The molecule has 0 aliphatic heterocycles. The Morgan fingerprint density at radius 2 is 1.79 bits per heavy atom. The van der Waals surface area contributed by atoms with E-state index in [9.17, 15) is 15.0 Å². The summed E-state index contributed by atoms with van der Waals surface area (Å²) >= 11 is 0. The second-order valence-corrected chi connectivity index (χ2v) is 6.84.